The van der Waals surface area contributed by atoms with Crippen LogP contribution >= 0.6 is 0 Å². The third kappa shape index (κ3) is 4.16. The van der Waals surface area contributed by atoms with E-state index in [0.29, 0.717) is 17.3 Å². The second-order valence-corrected chi connectivity index (χ2v) is 4.88. The van der Waals surface area contributed by atoms with Gasteiger partial charge in [0.1, 0.15) is 0 Å². The van der Waals surface area contributed by atoms with Gasteiger partial charge in [-0.15, -0.1) is 0 Å². The molecule has 114 valence electrons. The maximum absolute atomic E-state index is 6.02. The summed E-state index contributed by atoms with van der Waals surface area (Å²) in [4.78, 5) is 1.99. The van der Waals surface area contributed by atoms with Gasteiger partial charge in [-0.1, -0.05) is 49.4 Å². The van der Waals surface area contributed by atoms with Gasteiger partial charge in [0.05, 0.1) is 5.69 Å². The van der Waals surface area contributed by atoms with Crippen molar-refractivity contribution in [2.45, 2.75) is 13.3 Å². The molecule has 0 spiro atoms. The van der Waals surface area contributed by atoms with Gasteiger partial charge in [-0.2, -0.15) is 0 Å². The monoisotopic (exact) mass is 294 g/mol. The van der Waals surface area contributed by atoms with E-state index in [0.717, 1.165) is 12.1 Å². The predicted molar refractivity (Wildman–Crippen MR) is 93.8 cm³/mol. The molecule has 0 saturated carbocycles. The number of hydrogen-bond donors (Lipinski definition) is 1. The number of allylic oxidation sites excluding steroid dienone is 3. The fourth-order valence-corrected chi connectivity index (χ4v) is 1.97. The molecule has 0 fully saturated rings. The molecule has 0 aliphatic rings. The molecule has 3 nitrogen and oxygen atoms in total. The highest BCUT2D eigenvalue weighted by Crippen LogP contribution is 2.25. The average Bonchev–Trinajstić information content (AvgIpc) is 2.56. The molecule has 0 atom stereocenters. The number of benzene rings is 2. The van der Waals surface area contributed by atoms with Crippen LogP contribution in [0.25, 0.3) is 0 Å². The minimum atomic E-state index is 0.620. The Hall–Kier alpha value is -2.68. The molecule has 22 heavy (non-hydrogen) atoms. The first kappa shape index (κ1) is 15.7. The third-order valence-electron chi connectivity index (χ3n) is 3.22. The topological polar surface area (TPSA) is 38.5 Å². The Morgan fingerprint density at radius 3 is 2.45 bits per heavy atom. The Morgan fingerprint density at radius 2 is 1.77 bits per heavy atom. The molecule has 0 radical (unpaired) electrons. The lowest BCUT2D eigenvalue weighted by atomic mass is 10.3. The van der Waals surface area contributed by atoms with Crippen molar-refractivity contribution in [2.24, 2.45) is 0 Å². The second kappa shape index (κ2) is 7.93. The first-order valence-electron chi connectivity index (χ1n) is 7.40. The number of nitrogen functional groups attached to an aromatic ring is 1. The number of ether oxygens (including phenoxy) is 1. The Bertz CT molecular complexity index is 647. The summed E-state index contributed by atoms with van der Waals surface area (Å²) in [5, 5.41) is 0. The van der Waals surface area contributed by atoms with Gasteiger partial charge in [0, 0.05) is 12.7 Å². The van der Waals surface area contributed by atoms with Gasteiger partial charge in [-0.25, -0.2) is 0 Å². The van der Waals surface area contributed by atoms with Crippen LogP contribution < -0.4 is 15.4 Å². The van der Waals surface area contributed by atoms with Crippen molar-refractivity contribution in [3.63, 3.8) is 0 Å². The van der Waals surface area contributed by atoms with Gasteiger partial charge in [-0.3, -0.25) is 0 Å². The lowest BCUT2D eigenvalue weighted by Crippen LogP contribution is -2.21. The highest BCUT2D eigenvalue weighted by molar-refractivity contribution is 5.55. The van der Waals surface area contributed by atoms with Crippen LogP contribution in [0.4, 0.5) is 11.4 Å². The molecule has 3 heteroatoms. The maximum atomic E-state index is 6.02. The maximum Gasteiger partial charge on any atom is 0.200 e. The number of anilines is 2. The smallest absolute Gasteiger partial charge is 0.200 e. The van der Waals surface area contributed by atoms with Gasteiger partial charge in [0.15, 0.2) is 11.6 Å². The predicted octanol–water partition coefficient (Wildman–Crippen LogP) is 4.59. The lowest BCUT2D eigenvalue weighted by molar-refractivity contribution is 0.414. The first-order chi connectivity index (χ1) is 10.7. The van der Waals surface area contributed by atoms with Crippen LogP contribution in [0.3, 0.4) is 0 Å². The summed E-state index contributed by atoms with van der Waals surface area (Å²) in [7, 11) is 1.97. The van der Waals surface area contributed by atoms with Crippen LogP contribution in [-0.4, -0.2) is 7.05 Å². The molecule has 0 bridgehead atoms. The van der Waals surface area contributed by atoms with Crippen molar-refractivity contribution < 1.29 is 4.74 Å². The number of nitrogens with zero attached hydrogens (tertiary/aromatic N) is 1. The van der Waals surface area contributed by atoms with Crippen molar-refractivity contribution in [1.82, 2.24) is 0 Å². The van der Waals surface area contributed by atoms with E-state index in [4.69, 9.17) is 10.5 Å². The fraction of sp³-hybridized carbons (Fsp3) is 0.158. The molecule has 2 rings (SSSR count). The molecule has 2 N–H and O–H groups in total. The van der Waals surface area contributed by atoms with Gasteiger partial charge in [0.2, 0.25) is 0 Å². The van der Waals surface area contributed by atoms with Crippen molar-refractivity contribution in [1.29, 1.82) is 0 Å². The summed E-state index contributed by atoms with van der Waals surface area (Å²) in [6.45, 7) is 2.10. The molecule has 0 aromatic heterocycles. The van der Waals surface area contributed by atoms with E-state index in [-0.39, 0.29) is 0 Å². The molecule has 2 aromatic rings. The normalized spacial score (nSPS) is 11.6. The molecule has 0 aliphatic heterocycles. The summed E-state index contributed by atoms with van der Waals surface area (Å²) >= 11 is 0. The van der Waals surface area contributed by atoms with E-state index in [1.165, 1.54) is 0 Å². The fourth-order valence-electron chi connectivity index (χ4n) is 1.97. The highest BCUT2D eigenvalue weighted by Gasteiger charge is 2.10. The Kier molecular flexibility index (Phi) is 5.66. The summed E-state index contributed by atoms with van der Waals surface area (Å²) in [5.74, 6) is 1.37. The number of hydrogen-bond acceptors (Lipinski definition) is 3. The highest BCUT2D eigenvalue weighted by atomic mass is 16.5. The van der Waals surface area contributed by atoms with Crippen LogP contribution in [0.15, 0.2) is 78.7 Å². The zero-order chi connectivity index (χ0) is 15.8. The average molecular weight is 294 g/mol. The Morgan fingerprint density at radius 1 is 1.09 bits per heavy atom. The van der Waals surface area contributed by atoms with E-state index < -0.39 is 0 Å². The minimum absolute atomic E-state index is 0.620. The largest absolute Gasteiger partial charge is 0.439 e. The first-order valence-corrected chi connectivity index (χ1v) is 7.40. The van der Waals surface area contributed by atoms with E-state index >= 15 is 0 Å². The van der Waals surface area contributed by atoms with Crippen molar-refractivity contribution in [3.8, 4) is 5.75 Å². The van der Waals surface area contributed by atoms with Gasteiger partial charge in [0.25, 0.3) is 0 Å². The van der Waals surface area contributed by atoms with Crippen molar-refractivity contribution >= 4 is 11.4 Å². The lowest BCUT2D eigenvalue weighted by Gasteiger charge is -2.23. The van der Waals surface area contributed by atoms with Crippen molar-refractivity contribution in [2.75, 3.05) is 17.7 Å². The summed E-state index contributed by atoms with van der Waals surface area (Å²) in [6.07, 6.45) is 7.00. The Labute approximate surface area is 132 Å². The van der Waals surface area contributed by atoms with E-state index in [1.54, 1.807) is 0 Å². The van der Waals surface area contributed by atoms with Crippen molar-refractivity contribution in [3.05, 3.63) is 78.7 Å². The number of rotatable bonds is 6. The third-order valence-corrected chi connectivity index (χ3v) is 3.22. The number of para-hydroxylation sites is 3. The zero-order valence-electron chi connectivity index (χ0n) is 13.1. The molecule has 0 amide bonds. The Balaban J connectivity index is 2.29. The SMILES string of the molecule is CC/C=C/C=C(/Oc1ccccc1N)N(C)c1ccccc1. The molecule has 0 unspecified atom stereocenters. The van der Waals surface area contributed by atoms with Crippen LogP contribution in [0.2, 0.25) is 0 Å². The summed E-state index contributed by atoms with van der Waals surface area (Å²) in [5.41, 5.74) is 7.64. The van der Waals surface area contributed by atoms with Crippen LogP contribution in [0, 0.1) is 0 Å². The second-order valence-electron chi connectivity index (χ2n) is 4.88. The summed E-state index contributed by atoms with van der Waals surface area (Å²) < 4.78 is 6.02. The summed E-state index contributed by atoms with van der Waals surface area (Å²) in [6, 6.07) is 17.6. The van der Waals surface area contributed by atoms with Gasteiger partial charge < -0.3 is 15.4 Å². The van der Waals surface area contributed by atoms with E-state index in [9.17, 15) is 0 Å². The quantitative estimate of drug-likeness (QED) is 0.481. The van der Waals surface area contributed by atoms with Crippen LogP contribution in [0.5, 0.6) is 5.75 Å². The molecular weight excluding hydrogens is 272 g/mol. The molecule has 2 aromatic carbocycles. The van der Waals surface area contributed by atoms with E-state index in [2.05, 4.69) is 13.0 Å². The molecular formula is C19H22N2O. The van der Waals surface area contributed by atoms with Gasteiger partial charge in [-0.05, 0) is 36.8 Å². The van der Waals surface area contributed by atoms with Crippen LogP contribution in [-0.2, 0) is 0 Å². The standard InChI is InChI=1S/C19H22N2O/c1-3-4-6-15-19(21(2)16-11-7-5-8-12-16)22-18-14-10-9-13-17(18)20/h4-15H,3,20H2,1-2H3/b6-4+,19-15+. The van der Waals surface area contributed by atoms with Gasteiger partial charge >= 0.3 is 0 Å². The van der Waals surface area contributed by atoms with E-state index in [1.807, 2.05) is 78.7 Å². The zero-order valence-corrected chi connectivity index (χ0v) is 13.1. The van der Waals surface area contributed by atoms with Crippen LogP contribution in [0.1, 0.15) is 13.3 Å². The molecule has 0 aliphatic carbocycles. The molecule has 0 saturated heterocycles. The molecule has 0 heterocycles. The minimum Gasteiger partial charge on any atom is -0.439 e. The number of nitrogens with two attached hydrogens (primary N) is 1.